The minimum absolute atomic E-state index is 0.293. The molecule has 1 aromatic carbocycles. The Balaban J connectivity index is 1.34. The third-order valence-corrected chi connectivity index (χ3v) is 8.03. The van der Waals surface area contributed by atoms with Gasteiger partial charge in [0.15, 0.2) is 11.6 Å². The summed E-state index contributed by atoms with van der Waals surface area (Å²) in [7, 11) is -3.52. The van der Waals surface area contributed by atoms with Crippen molar-refractivity contribution in [3.05, 3.63) is 36.4 Å². The first kappa shape index (κ1) is 22.8. The van der Waals surface area contributed by atoms with Gasteiger partial charge in [-0.3, -0.25) is 0 Å². The summed E-state index contributed by atoms with van der Waals surface area (Å²) in [6.45, 7) is 11.7. The van der Waals surface area contributed by atoms with Gasteiger partial charge in [-0.15, -0.1) is 10.2 Å². The van der Waals surface area contributed by atoms with E-state index in [2.05, 4.69) is 31.8 Å². The van der Waals surface area contributed by atoms with E-state index in [9.17, 15) is 8.42 Å². The second kappa shape index (κ2) is 10.0. The third kappa shape index (κ3) is 4.97. The standard InChI is InChI=1S/C22H32N6O3S/c1-3-25-11-13-26(14-12-25)21-9-10-22(24-23-21)27-15-17-28(18-16-27)32(29,30)20-7-5-19(6-8-20)31-4-2/h5-10H,3-4,11-18H2,1-2H3. The van der Waals surface area contributed by atoms with E-state index < -0.39 is 10.0 Å². The van der Waals surface area contributed by atoms with Crippen molar-refractivity contribution < 1.29 is 13.2 Å². The molecule has 0 N–H and O–H groups in total. The Morgan fingerprint density at radius 2 is 1.31 bits per heavy atom. The Hall–Kier alpha value is -2.43. The van der Waals surface area contributed by atoms with Crippen LogP contribution in [0.4, 0.5) is 11.6 Å². The Labute approximate surface area is 190 Å². The molecular formula is C22H32N6O3S. The van der Waals surface area contributed by atoms with E-state index in [1.807, 2.05) is 19.1 Å². The second-order valence-electron chi connectivity index (χ2n) is 7.97. The van der Waals surface area contributed by atoms with Crippen LogP contribution in [-0.4, -0.2) is 93.3 Å². The van der Waals surface area contributed by atoms with E-state index in [0.717, 1.165) is 44.4 Å². The zero-order valence-electron chi connectivity index (χ0n) is 18.9. The molecule has 1 aromatic heterocycles. The molecule has 0 amide bonds. The van der Waals surface area contributed by atoms with Gasteiger partial charge in [0.2, 0.25) is 10.0 Å². The molecule has 0 saturated carbocycles. The van der Waals surface area contributed by atoms with Crippen molar-refractivity contribution in [1.82, 2.24) is 19.4 Å². The number of nitrogens with zero attached hydrogens (tertiary/aromatic N) is 6. The average molecular weight is 461 g/mol. The number of piperazine rings is 2. The molecule has 2 aromatic rings. The van der Waals surface area contributed by atoms with Crippen LogP contribution in [0.2, 0.25) is 0 Å². The van der Waals surface area contributed by atoms with Crippen LogP contribution in [-0.2, 0) is 10.0 Å². The highest BCUT2D eigenvalue weighted by molar-refractivity contribution is 7.89. The molecule has 3 heterocycles. The highest BCUT2D eigenvalue weighted by Gasteiger charge is 2.29. The first-order chi connectivity index (χ1) is 15.5. The average Bonchev–Trinajstić information content (AvgIpc) is 2.85. The van der Waals surface area contributed by atoms with Crippen molar-refractivity contribution >= 4 is 21.7 Å². The van der Waals surface area contributed by atoms with Crippen LogP contribution in [0.5, 0.6) is 5.75 Å². The van der Waals surface area contributed by atoms with E-state index in [-0.39, 0.29) is 0 Å². The van der Waals surface area contributed by atoms with Crippen molar-refractivity contribution in [3.8, 4) is 5.75 Å². The predicted octanol–water partition coefficient (Wildman–Crippen LogP) is 1.53. The van der Waals surface area contributed by atoms with Crippen LogP contribution in [0.1, 0.15) is 13.8 Å². The molecule has 0 unspecified atom stereocenters. The van der Waals surface area contributed by atoms with Gasteiger partial charge in [0.1, 0.15) is 5.75 Å². The molecule has 2 saturated heterocycles. The highest BCUT2D eigenvalue weighted by atomic mass is 32.2. The lowest BCUT2D eigenvalue weighted by Gasteiger charge is -2.35. The van der Waals surface area contributed by atoms with Gasteiger partial charge >= 0.3 is 0 Å². The van der Waals surface area contributed by atoms with Crippen molar-refractivity contribution in [2.24, 2.45) is 0 Å². The largest absolute Gasteiger partial charge is 0.494 e. The first-order valence-electron chi connectivity index (χ1n) is 11.3. The molecule has 9 nitrogen and oxygen atoms in total. The monoisotopic (exact) mass is 460 g/mol. The first-order valence-corrected chi connectivity index (χ1v) is 12.7. The number of anilines is 2. The lowest BCUT2D eigenvalue weighted by atomic mass is 10.3. The van der Waals surface area contributed by atoms with E-state index in [0.29, 0.717) is 43.4 Å². The number of benzene rings is 1. The van der Waals surface area contributed by atoms with E-state index in [1.165, 1.54) is 4.31 Å². The third-order valence-electron chi connectivity index (χ3n) is 6.12. The van der Waals surface area contributed by atoms with Crippen LogP contribution in [0.25, 0.3) is 0 Å². The number of rotatable bonds is 7. The van der Waals surface area contributed by atoms with Gasteiger partial charge in [0, 0.05) is 52.4 Å². The minimum atomic E-state index is -3.52. The Kier molecular flexibility index (Phi) is 7.12. The normalized spacial score (nSPS) is 18.7. The molecule has 0 bridgehead atoms. The Morgan fingerprint density at radius 3 is 1.78 bits per heavy atom. The molecule has 10 heteroatoms. The summed E-state index contributed by atoms with van der Waals surface area (Å²) in [5, 5.41) is 8.87. The number of likely N-dealkylation sites (N-methyl/N-ethyl adjacent to an activating group) is 1. The molecule has 0 atom stereocenters. The summed E-state index contributed by atoms with van der Waals surface area (Å²) in [4.78, 5) is 7.08. The number of sulfonamides is 1. The van der Waals surface area contributed by atoms with E-state index >= 15 is 0 Å². The summed E-state index contributed by atoms with van der Waals surface area (Å²) < 4.78 is 32.9. The number of ether oxygens (including phenoxy) is 1. The lowest BCUT2D eigenvalue weighted by Crippen LogP contribution is -2.49. The maximum atomic E-state index is 13.0. The Morgan fingerprint density at radius 1 is 0.781 bits per heavy atom. The van der Waals surface area contributed by atoms with Crippen molar-refractivity contribution in [2.45, 2.75) is 18.7 Å². The van der Waals surface area contributed by atoms with Crippen LogP contribution in [0, 0.1) is 0 Å². The summed E-state index contributed by atoms with van der Waals surface area (Å²) in [6.07, 6.45) is 0. The fraction of sp³-hybridized carbons (Fsp3) is 0.545. The highest BCUT2D eigenvalue weighted by Crippen LogP contribution is 2.23. The maximum absolute atomic E-state index is 13.0. The molecule has 0 radical (unpaired) electrons. The van der Waals surface area contributed by atoms with Gasteiger partial charge < -0.3 is 19.4 Å². The molecule has 32 heavy (non-hydrogen) atoms. The lowest BCUT2D eigenvalue weighted by molar-refractivity contribution is 0.270. The Bertz CT molecular complexity index is 968. The van der Waals surface area contributed by atoms with Crippen LogP contribution < -0.4 is 14.5 Å². The molecule has 0 aliphatic carbocycles. The van der Waals surface area contributed by atoms with Gasteiger partial charge in [0.05, 0.1) is 11.5 Å². The van der Waals surface area contributed by atoms with Gasteiger partial charge in [-0.25, -0.2) is 8.42 Å². The molecule has 0 spiro atoms. The molecule has 2 aliphatic heterocycles. The minimum Gasteiger partial charge on any atom is -0.494 e. The molecule has 4 rings (SSSR count). The fourth-order valence-electron chi connectivity index (χ4n) is 4.13. The van der Waals surface area contributed by atoms with Gasteiger partial charge in [-0.05, 0) is 49.9 Å². The predicted molar refractivity (Wildman–Crippen MR) is 125 cm³/mol. The molecule has 2 aliphatic rings. The number of hydrogen-bond acceptors (Lipinski definition) is 8. The van der Waals surface area contributed by atoms with E-state index in [1.54, 1.807) is 24.3 Å². The molecule has 2 fully saturated rings. The van der Waals surface area contributed by atoms with Gasteiger partial charge in [0.25, 0.3) is 0 Å². The summed E-state index contributed by atoms with van der Waals surface area (Å²) >= 11 is 0. The quantitative estimate of drug-likeness (QED) is 0.615. The van der Waals surface area contributed by atoms with E-state index in [4.69, 9.17) is 4.74 Å². The van der Waals surface area contributed by atoms with Crippen molar-refractivity contribution in [1.29, 1.82) is 0 Å². The zero-order valence-corrected chi connectivity index (χ0v) is 19.7. The number of hydrogen-bond donors (Lipinski definition) is 0. The summed E-state index contributed by atoms with van der Waals surface area (Å²) in [6, 6.07) is 10.6. The summed E-state index contributed by atoms with van der Waals surface area (Å²) in [5.41, 5.74) is 0. The maximum Gasteiger partial charge on any atom is 0.243 e. The molecular weight excluding hydrogens is 428 g/mol. The van der Waals surface area contributed by atoms with Gasteiger partial charge in [-0.2, -0.15) is 4.31 Å². The van der Waals surface area contributed by atoms with Crippen LogP contribution in [0.3, 0.4) is 0 Å². The van der Waals surface area contributed by atoms with Crippen LogP contribution in [0.15, 0.2) is 41.3 Å². The fourth-order valence-corrected chi connectivity index (χ4v) is 5.55. The van der Waals surface area contributed by atoms with Crippen molar-refractivity contribution in [3.63, 3.8) is 0 Å². The number of aromatic nitrogens is 2. The second-order valence-corrected chi connectivity index (χ2v) is 9.90. The van der Waals surface area contributed by atoms with Crippen molar-refractivity contribution in [2.75, 3.05) is 75.3 Å². The summed E-state index contributed by atoms with van der Waals surface area (Å²) in [5.74, 6) is 2.37. The SMILES string of the molecule is CCOc1ccc(S(=O)(=O)N2CCN(c3ccc(N4CCN(CC)CC4)nn3)CC2)cc1. The van der Waals surface area contributed by atoms with Gasteiger partial charge in [-0.1, -0.05) is 6.92 Å². The molecule has 174 valence electrons. The smallest absolute Gasteiger partial charge is 0.243 e. The topological polar surface area (TPSA) is 82.1 Å². The zero-order chi connectivity index (χ0) is 22.6. The van der Waals surface area contributed by atoms with Crippen LogP contribution >= 0.6 is 0 Å².